The Morgan fingerprint density at radius 3 is 2.33 bits per heavy atom. The molecule has 24 heavy (non-hydrogen) atoms. The van der Waals surface area contributed by atoms with E-state index < -0.39 is 12.1 Å². The Morgan fingerprint density at radius 2 is 1.79 bits per heavy atom. The number of primary amides is 1. The smallest absolute Gasteiger partial charge is 0.312 e. The molecule has 0 radical (unpaired) electrons. The molecule has 3 amide bonds. The molecule has 2 atom stereocenters. The minimum atomic E-state index is -0.684. The summed E-state index contributed by atoms with van der Waals surface area (Å²) in [5, 5.41) is 5.40. The number of urea groups is 1. The lowest BCUT2D eigenvalue weighted by Gasteiger charge is -2.29. The van der Waals surface area contributed by atoms with Crippen molar-refractivity contribution < 1.29 is 9.59 Å². The molecule has 0 saturated carbocycles. The van der Waals surface area contributed by atoms with Crippen LogP contribution in [0.4, 0.5) is 16.2 Å². The van der Waals surface area contributed by atoms with Gasteiger partial charge in [0.15, 0.2) is 0 Å². The zero-order valence-electron chi connectivity index (χ0n) is 14.5. The Labute approximate surface area is 143 Å². The number of carbonyl (C=O) groups is 2. The van der Waals surface area contributed by atoms with Gasteiger partial charge >= 0.3 is 6.03 Å². The first-order valence-electron chi connectivity index (χ1n) is 8.73. The highest BCUT2D eigenvalue weighted by Gasteiger charge is 2.25. The molecular weight excluding hydrogens is 304 g/mol. The van der Waals surface area contributed by atoms with Gasteiger partial charge in [-0.05, 0) is 49.4 Å². The lowest BCUT2D eigenvalue weighted by atomic mass is 9.98. The molecule has 0 spiro atoms. The third-order valence-corrected chi connectivity index (χ3v) is 4.65. The summed E-state index contributed by atoms with van der Waals surface area (Å²) in [5.41, 5.74) is 7.09. The highest BCUT2D eigenvalue weighted by atomic mass is 16.2. The van der Waals surface area contributed by atoms with E-state index in [2.05, 4.69) is 15.5 Å². The van der Waals surface area contributed by atoms with E-state index in [1.807, 2.05) is 38.1 Å². The summed E-state index contributed by atoms with van der Waals surface area (Å²) in [4.78, 5) is 25.9. The fourth-order valence-electron chi connectivity index (χ4n) is 2.98. The van der Waals surface area contributed by atoms with Crippen LogP contribution < -0.4 is 21.3 Å². The van der Waals surface area contributed by atoms with Crippen LogP contribution in [-0.2, 0) is 4.79 Å². The van der Waals surface area contributed by atoms with Gasteiger partial charge in [-0.1, -0.05) is 20.3 Å². The minimum absolute atomic E-state index is 0.00474. The molecule has 132 valence electrons. The van der Waals surface area contributed by atoms with Gasteiger partial charge in [-0.2, -0.15) is 0 Å². The van der Waals surface area contributed by atoms with Crippen molar-refractivity contribution in [2.75, 3.05) is 23.3 Å². The van der Waals surface area contributed by atoms with Gasteiger partial charge in [-0.25, -0.2) is 4.79 Å². The van der Waals surface area contributed by atoms with Crippen LogP contribution in [0, 0.1) is 5.92 Å². The van der Waals surface area contributed by atoms with E-state index >= 15 is 0 Å². The molecule has 0 aliphatic carbocycles. The second kappa shape index (κ2) is 8.57. The van der Waals surface area contributed by atoms with Crippen LogP contribution in [0.2, 0.25) is 0 Å². The summed E-state index contributed by atoms with van der Waals surface area (Å²) >= 11 is 0. The zero-order valence-corrected chi connectivity index (χ0v) is 14.5. The lowest BCUT2D eigenvalue weighted by molar-refractivity contribution is -0.119. The number of rotatable bonds is 6. The Balaban J connectivity index is 2.00. The maximum atomic E-state index is 12.4. The number of nitrogens with two attached hydrogens (primary N) is 1. The molecule has 1 aliphatic heterocycles. The molecular formula is C18H28N4O2. The van der Waals surface area contributed by atoms with Crippen LogP contribution in [0.1, 0.15) is 39.5 Å². The Morgan fingerprint density at radius 1 is 1.17 bits per heavy atom. The van der Waals surface area contributed by atoms with Crippen molar-refractivity contribution in [3.8, 4) is 0 Å². The molecule has 2 unspecified atom stereocenters. The molecule has 1 aromatic carbocycles. The molecule has 6 heteroatoms. The molecule has 0 bridgehead atoms. The Kier molecular flexibility index (Phi) is 6.46. The molecule has 1 aliphatic rings. The number of piperidine rings is 1. The summed E-state index contributed by atoms with van der Waals surface area (Å²) in [6, 6.07) is 6.55. The fraction of sp³-hybridized carbons (Fsp3) is 0.556. The molecule has 1 fully saturated rings. The first-order valence-corrected chi connectivity index (χ1v) is 8.73. The average molecular weight is 332 g/mol. The van der Waals surface area contributed by atoms with Crippen molar-refractivity contribution in [3.63, 3.8) is 0 Å². The first-order chi connectivity index (χ1) is 11.5. The summed E-state index contributed by atoms with van der Waals surface area (Å²) in [7, 11) is 0. The van der Waals surface area contributed by atoms with Crippen LogP contribution >= 0.6 is 0 Å². The second-order valence-electron chi connectivity index (χ2n) is 6.46. The van der Waals surface area contributed by atoms with Gasteiger partial charge in [0.05, 0.1) is 0 Å². The Hall–Kier alpha value is -2.24. The van der Waals surface area contributed by atoms with E-state index in [1.54, 1.807) is 0 Å². The number of hydrogen-bond acceptors (Lipinski definition) is 3. The predicted molar refractivity (Wildman–Crippen MR) is 97.1 cm³/mol. The number of carbonyl (C=O) groups excluding carboxylic acids is 2. The zero-order chi connectivity index (χ0) is 17.5. The average Bonchev–Trinajstić information content (AvgIpc) is 2.60. The number of amides is 3. The summed E-state index contributed by atoms with van der Waals surface area (Å²) in [5.74, 6) is -0.237. The quantitative estimate of drug-likeness (QED) is 0.748. The van der Waals surface area contributed by atoms with Crippen molar-refractivity contribution >= 4 is 23.3 Å². The third-order valence-electron chi connectivity index (χ3n) is 4.65. The molecule has 6 nitrogen and oxygen atoms in total. The van der Waals surface area contributed by atoms with Crippen molar-refractivity contribution in [1.82, 2.24) is 5.32 Å². The third kappa shape index (κ3) is 4.88. The topological polar surface area (TPSA) is 87.5 Å². The standard InChI is InChI=1S/C18H28N4O2/c1-3-13(2)16(21-18(19)24)17(23)20-14-7-9-15(10-8-14)22-11-5-4-6-12-22/h7-10,13,16H,3-6,11-12H2,1-2H3,(H,20,23)(H3,19,21,24). The van der Waals surface area contributed by atoms with E-state index in [9.17, 15) is 9.59 Å². The molecule has 1 aromatic rings. The highest BCUT2D eigenvalue weighted by Crippen LogP contribution is 2.22. The van der Waals surface area contributed by atoms with Gasteiger partial charge in [0.2, 0.25) is 5.91 Å². The van der Waals surface area contributed by atoms with Crippen molar-refractivity contribution in [1.29, 1.82) is 0 Å². The van der Waals surface area contributed by atoms with E-state index in [0.717, 1.165) is 25.2 Å². The van der Waals surface area contributed by atoms with Gasteiger partial charge in [0.25, 0.3) is 0 Å². The van der Waals surface area contributed by atoms with Crippen molar-refractivity contribution in [2.24, 2.45) is 11.7 Å². The summed E-state index contributed by atoms with van der Waals surface area (Å²) < 4.78 is 0. The van der Waals surface area contributed by atoms with Gasteiger partial charge in [-0.15, -0.1) is 0 Å². The fourth-order valence-corrected chi connectivity index (χ4v) is 2.98. The minimum Gasteiger partial charge on any atom is -0.372 e. The van der Waals surface area contributed by atoms with Crippen LogP contribution in [0.25, 0.3) is 0 Å². The summed E-state index contributed by atoms with van der Waals surface area (Å²) in [6.07, 6.45) is 4.53. The normalized spacial score (nSPS) is 17.0. The van der Waals surface area contributed by atoms with Gasteiger partial charge in [0.1, 0.15) is 6.04 Å². The number of hydrogen-bond donors (Lipinski definition) is 3. The second-order valence-corrected chi connectivity index (χ2v) is 6.46. The summed E-state index contributed by atoms with van der Waals surface area (Å²) in [6.45, 7) is 6.06. The lowest BCUT2D eigenvalue weighted by Crippen LogP contribution is -2.49. The van der Waals surface area contributed by atoms with Crippen molar-refractivity contribution in [2.45, 2.75) is 45.6 Å². The van der Waals surface area contributed by atoms with Crippen molar-refractivity contribution in [3.05, 3.63) is 24.3 Å². The first kappa shape index (κ1) is 18.1. The number of anilines is 2. The van der Waals surface area contributed by atoms with Crippen LogP contribution in [-0.4, -0.2) is 31.1 Å². The molecule has 4 N–H and O–H groups in total. The van der Waals surface area contributed by atoms with Crippen LogP contribution in [0.5, 0.6) is 0 Å². The van der Waals surface area contributed by atoms with Gasteiger partial charge in [0, 0.05) is 24.5 Å². The number of benzene rings is 1. The SMILES string of the molecule is CCC(C)C(NC(N)=O)C(=O)Nc1ccc(N2CCCCC2)cc1. The highest BCUT2D eigenvalue weighted by molar-refractivity contribution is 5.97. The van der Waals surface area contributed by atoms with Gasteiger partial charge in [-0.3, -0.25) is 4.79 Å². The maximum absolute atomic E-state index is 12.4. The number of nitrogens with one attached hydrogen (secondary N) is 2. The Bertz CT molecular complexity index is 553. The van der Waals surface area contributed by atoms with Crippen LogP contribution in [0.15, 0.2) is 24.3 Å². The van der Waals surface area contributed by atoms with E-state index in [-0.39, 0.29) is 11.8 Å². The molecule has 1 saturated heterocycles. The molecule has 2 rings (SSSR count). The maximum Gasteiger partial charge on any atom is 0.312 e. The molecule has 1 heterocycles. The van der Waals surface area contributed by atoms with E-state index in [4.69, 9.17) is 5.73 Å². The predicted octanol–water partition coefficient (Wildman–Crippen LogP) is 2.70. The van der Waals surface area contributed by atoms with E-state index in [1.165, 1.54) is 24.9 Å². The largest absolute Gasteiger partial charge is 0.372 e. The monoisotopic (exact) mass is 332 g/mol. The van der Waals surface area contributed by atoms with Crippen LogP contribution in [0.3, 0.4) is 0 Å². The van der Waals surface area contributed by atoms with E-state index in [0.29, 0.717) is 0 Å². The van der Waals surface area contributed by atoms with Gasteiger partial charge < -0.3 is 21.3 Å². The molecule has 0 aromatic heterocycles. The number of nitrogens with zero attached hydrogens (tertiary/aromatic N) is 1.